The molecule has 0 aliphatic carbocycles. The third-order valence-corrected chi connectivity index (χ3v) is 2.96. The van der Waals surface area contributed by atoms with E-state index in [9.17, 15) is 0 Å². The Morgan fingerprint density at radius 2 is 2.43 bits per heavy atom. The molecular formula is C11H11N3. The van der Waals surface area contributed by atoms with Crippen molar-refractivity contribution >= 4 is 17.5 Å². The first-order chi connectivity index (χ1) is 6.88. The Kier molecular flexibility index (Phi) is 1.48. The molecule has 1 atom stereocenters. The number of fused-ring (bicyclic) bond motifs is 3. The molecule has 2 aliphatic heterocycles. The second kappa shape index (κ2) is 2.67. The van der Waals surface area contributed by atoms with E-state index in [2.05, 4.69) is 28.0 Å². The van der Waals surface area contributed by atoms with Crippen molar-refractivity contribution in [2.45, 2.75) is 12.5 Å². The lowest BCUT2D eigenvalue weighted by molar-refractivity contribution is 0.822. The van der Waals surface area contributed by atoms with Gasteiger partial charge in [-0.25, -0.2) is 0 Å². The summed E-state index contributed by atoms with van der Waals surface area (Å²) in [5.74, 6) is 0. The van der Waals surface area contributed by atoms with Gasteiger partial charge in [-0.3, -0.25) is 9.98 Å². The van der Waals surface area contributed by atoms with Gasteiger partial charge in [-0.15, -0.1) is 0 Å². The first kappa shape index (κ1) is 7.74. The van der Waals surface area contributed by atoms with Crippen LogP contribution in [-0.2, 0) is 0 Å². The van der Waals surface area contributed by atoms with Crippen LogP contribution in [0.3, 0.4) is 0 Å². The molecule has 70 valence electrons. The van der Waals surface area contributed by atoms with Crippen molar-refractivity contribution in [2.75, 3.05) is 11.9 Å². The van der Waals surface area contributed by atoms with Crippen molar-refractivity contribution in [1.82, 2.24) is 4.98 Å². The van der Waals surface area contributed by atoms with Gasteiger partial charge in [0.25, 0.3) is 0 Å². The molecular weight excluding hydrogens is 174 g/mol. The number of pyridine rings is 1. The molecule has 0 fully saturated rings. The second-order valence-corrected chi connectivity index (χ2v) is 3.67. The normalized spacial score (nSPS) is 23.1. The van der Waals surface area contributed by atoms with Crippen LogP contribution in [0.1, 0.15) is 12.0 Å². The summed E-state index contributed by atoms with van der Waals surface area (Å²) in [6, 6.07) is 2.53. The van der Waals surface area contributed by atoms with E-state index in [0.29, 0.717) is 6.04 Å². The third kappa shape index (κ3) is 0.867. The number of hydrogen-bond donors (Lipinski definition) is 0. The summed E-state index contributed by atoms with van der Waals surface area (Å²) in [7, 11) is 2.13. The van der Waals surface area contributed by atoms with Gasteiger partial charge in [-0.05, 0) is 6.07 Å². The van der Waals surface area contributed by atoms with Crippen LogP contribution in [0, 0.1) is 0 Å². The molecule has 0 amide bonds. The minimum atomic E-state index is 0.465. The van der Waals surface area contributed by atoms with Crippen LogP contribution in [0.15, 0.2) is 29.7 Å². The maximum Gasteiger partial charge on any atom is 0.0611 e. The highest BCUT2D eigenvalue weighted by Crippen LogP contribution is 2.40. The van der Waals surface area contributed by atoms with Crippen LogP contribution in [0.25, 0.3) is 5.57 Å². The van der Waals surface area contributed by atoms with E-state index >= 15 is 0 Å². The van der Waals surface area contributed by atoms with Crippen molar-refractivity contribution in [2.24, 2.45) is 4.99 Å². The van der Waals surface area contributed by atoms with Crippen molar-refractivity contribution < 1.29 is 0 Å². The number of hydrogen-bond acceptors (Lipinski definition) is 3. The summed E-state index contributed by atoms with van der Waals surface area (Å²) in [5.41, 5.74) is 3.80. The Bertz CT molecular complexity index is 434. The lowest BCUT2D eigenvalue weighted by Crippen LogP contribution is -2.28. The largest absolute Gasteiger partial charge is 0.367 e. The average molecular weight is 185 g/mol. The molecule has 0 bridgehead atoms. The number of aliphatic imine (C=N–C) groups is 1. The Morgan fingerprint density at radius 1 is 1.50 bits per heavy atom. The molecule has 1 unspecified atom stereocenters. The van der Waals surface area contributed by atoms with Crippen molar-refractivity contribution in [3.05, 3.63) is 30.2 Å². The zero-order chi connectivity index (χ0) is 9.54. The number of aromatic nitrogens is 1. The fourth-order valence-corrected chi connectivity index (χ4v) is 2.21. The molecule has 14 heavy (non-hydrogen) atoms. The first-order valence-corrected chi connectivity index (χ1v) is 4.77. The zero-order valence-corrected chi connectivity index (χ0v) is 8.01. The molecule has 0 spiro atoms. The topological polar surface area (TPSA) is 28.5 Å². The van der Waals surface area contributed by atoms with E-state index in [1.807, 2.05) is 24.8 Å². The van der Waals surface area contributed by atoms with E-state index in [-0.39, 0.29) is 0 Å². The number of nitrogens with zero attached hydrogens (tertiary/aromatic N) is 3. The maximum absolute atomic E-state index is 4.21. The van der Waals surface area contributed by atoms with Crippen LogP contribution in [0.5, 0.6) is 0 Å². The molecule has 0 N–H and O–H groups in total. The summed E-state index contributed by atoms with van der Waals surface area (Å²) in [4.78, 5) is 10.7. The first-order valence-electron chi connectivity index (χ1n) is 4.77. The Labute approximate surface area is 82.8 Å². The van der Waals surface area contributed by atoms with E-state index in [1.165, 1.54) is 16.8 Å². The van der Waals surface area contributed by atoms with Gasteiger partial charge in [-0.1, -0.05) is 0 Å². The summed E-state index contributed by atoms with van der Waals surface area (Å²) < 4.78 is 0. The fraction of sp³-hybridized carbons (Fsp3) is 0.273. The van der Waals surface area contributed by atoms with E-state index in [1.54, 1.807) is 0 Å². The van der Waals surface area contributed by atoms with Gasteiger partial charge >= 0.3 is 0 Å². The highest BCUT2D eigenvalue weighted by molar-refractivity contribution is 5.90. The third-order valence-electron chi connectivity index (χ3n) is 2.96. The van der Waals surface area contributed by atoms with Gasteiger partial charge in [0.1, 0.15) is 0 Å². The Morgan fingerprint density at radius 3 is 3.36 bits per heavy atom. The predicted molar refractivity (Wildman–Crippen MR) is 57.5 cm³/mol. The fourth-order valence-electron chi connectivity index (χ4n) is 2.21. The van der Waals surface area contributed by atoms with Gasteiger partial charge in [0, 0.05) is 55.1 Å². The quantitative estimate of drug-likeness (QED) is 0.615. The Hall–Kier alpha value is -1.64. The van der Waals surface area contributed by atoms with Crippen LogP contribution in [0.4, 0.5) is 5.69 Å². The SMILES string of the molecule is CN1c2ccncc2C2=CN=CCC21. The van der Waals surface area contributed by atoms with Gasteiger partial charge in [-0.2, -0.15) is 0 Å². The van der Waals surface area contributed by atoms with Gasteiger partial charge in [0.2, 0.25) is 0 Å². The highest BCUT2D eigenvalue weighted by Gasteiger charge is 2.31. The summed E-state index contributed by atoms with van der Waals surface area (Å²) in [6.45, 7) is 0. The number of anilines is 1. The summed E-state index contributed by atoms with van der Waals surface area (Å²) in [6.07, 6.45) is 8.70. The second-order valence-electron chi connectivity index (χ2n) is 3.67. The summed E-state index contributed by atoms with van der Waals surface area (Å²) >= 11 is 0. The molecule has 0 saturated carbocycles. The van der Waals surface area contributed by atoms with Crippen LogP contribution >= 0.6 is 0 Å². The minimum absolute atomic E-state index is 0.465. The van der Waals surface area contributed by atoms with Crippen LogP contribution < -0.4 is 4.90 Å². The van der Waals surface area contributed by atoms with Crippen LogP contribution in [0.2, 0.25) is 0 Å². The standard InChI is InChI=1S/C11H11N3/c1-14-10-2-4-12-6-8(10)9-7-13-5-3-11(9)14/h2,4-7,11H,3H2,1H3. The van der Waals surface area contributed by atoms with E-state index in [0.717, 1.165) is 6.42 Å². The Balaban J connectivity index is 2.22. The van der Waals surface area contributed by atoms with E-state index < -0.39 is 0 Å². The van der Waals surface area contributed by atoms with E-state index in [4.69, 9.17) is 0 Å². The molecule has 3 nitrogen and oxygen atoms in total. The van der Waals surface area contributed by atoms with Crippen molar-refractivity contribution in [3.63, 3.8) is 0 Å². The molecule has 3 rings (SSSR count). The monoisotopic (exact) mass is 185 g/mol. The van der Waals surface area contributed by atoms with Crippen LogP contribution in [-0.4, -0.2) is 24.3 Å². The molecule has 0 aromatic carbocycles. The smallest absolute Gasteiger partial charge is 0.0611 e. The highest BCUT2D eigenvalue weighted by atomic mass is 15.2. The lowest BCUT2D eigenvalue weighted by atomic mass is 10.0. The molecule has 0 saturated heterocycles. The maximum atomic E-state index is 4.21. The zero-order valence-electron chi connectivity index (χ0n) is 8.01. The molecule has 0 radical (unpaired) electrons. The minimum Gasteiger partial charge on any atom is -0.367 e. The van der Waals surface area contributed by atoms with Crippen molar-refractivity contribution in [1.29, 1.82) is 0 Å². The number of rotatable bonds is 0. The predicted octanol–water partition coefficient (Wildman–Crippen LogP) is 1.72. The van der Waals surface area contributed by atoms with Gasteiger partial charge in [0.15, 0.2) is 0 Å². The van der Waals surface area contributed by atoms with Gasteiger partial charge < -0.3 is 4.90 Å². The molecule has 3 heterocycles. The molecule has 3 heteroatoms. The average Bonchev–Trinajstić information content (AvgIpc) is 2.55. The van der Waals surface area contributed by atoms with Gasteiger partial charge in [0.05, 0.1) is 6.04 Å². The summed E-state index contributed by atoms with van der Waals surface area (Å²) in [5, 5.41) is 0. The molecule has 2 aliphatic rings. The molecule has 1 aromatic rings. The molecule has 1 aromatic heterocycles. The van der Waals surface area contributed by atoms with Crippen molar-refractivity contribution in [3.8, 4) is 0 Å². The lowest BCUT2D eigenvalue weighted by Gasteiger charge is -2.22. The number of likely N-dealkylation sites (N-methyl/N-ethyl adjacent to an activating group) is 1.